The number of Topliss-reactive ketones (excluding diaryl/α,β-unsaturated/α-hetero) is 1. The number of benzene rings is 1. The highest BCUT2D eigenvalue weighted by atomic mass is 16.5. The monoisotopic (exact) mass is 397 g/mol. The van der Waals surface area contributed by atoms with Crippen molar-refractivity contribution >= 4 is 23.3 Å². The fourth-order valence-corrected chi connectivity index (χ4v) is 2.57. The van der Waals surface area contributed by atoms with E-state index in [0.29, 0.717) is 17.1 Å². The first kappa shape index (κ1) is 19.9. The standard InChI is InChI=1S/C20H19N3O6/c1-12(24)13-4-6-14(7-5-13)28-11-15-8-9-17(29-15)19(25)22-16-10-21-23(2)18(16)20(26)27-3/h4-10H,11H2,1-3H3,(H,22,25). The summed E-state index contributed by atoms with van der Waals surface area (Å²) < 4.78 is 17.1. The molecule has 1 aromatic carbocycles. The van der Waals surface area contributed by atoms with Crippen molar-refractivity contribution in [3.8, 4) is 5.75 Å². The van der Waals surface area contributed by atoms with Gasteiger partial charge < -0.3 is 19.2 Å². The van der Waals surface area contributed by atoms with Crippen LogP contribution in [0.2, 0.25) is 0 Å². The van der Waals surface area contributed by atoms with Gasteiger partial charge in [-0.15, -0.1) is 0 Å². The number of anilines is 1. The number of ether oxygens (including phenoxy) is 2. The first-order valence-electron chi connectivity index (χ1n) is 8.63. The van der Waals surface area contributed by atoms with Crippen LogP contribution in [0.15, 0.2) is 47.0 Å². The SMILES string of the molecule is COC(=O)c1c(NC(=O)c2ccc(COc3ccc(C(C)=O)cc3)o2)cnn1C. The van der Waals surface area contributed by atoms with E-state index in [0.717, 1.165) is 0 Å². The smallest absolute Gasteiger partial charge is 0.358 e. The van der Waals surface area contributed by atoms with Crippen molar-refractivity contribution in [2.24, 2.45) is 7.05 Å². The molecule has 150 valence electrons. The molecule has 3 aromatic rings. The molecule has 0 aliphatic heterocycles. The number of rotatable bonds is 7. The zero-order chi connectivity index (χ0) is 21.0. The van der Waals surface area contributed by atoms with E-state index in [-0.39, 0.29) is 29.5 Å². The molecule has 0 aliphatic carbocycles. The van der Waals surface area contributed by atoms with Crippen molar-refractivity contribution in [2.45, 2.75) is 13.5 Å². The van der Waals surface area contributed by atoms with Gasteiger partial charge in [0.25, 0.3) is 5.91 Å². The summed E-state index contributed by atoms with van der Waals surface area (Å²) in [4.78, 5) is 35.5. The normalized spacial score (nSPS) is 10.4. The highest BCUT2D eigenvalue weighted by Crippen LogP contribution is 2.19. The average Bonchev–Trinajstić information content (AvgIpc) is 3.33. The van der Waals surface area contributed by atoms with Gasteiger partial charge in [0.1, 0.15) is 18.1 Å². The minimum absolute atomic E-state index is 0.0257. The number of esters is 1. The number of methoxy groups -OCH3 is 1. The van der Waals surface area contributed by atoms with Crippen molar-refractivity contribution < 1.29 is 28.3 Å². The first-order valence-corrected chi connectivity index (χ1v) is 8.63. The Hall–Kier alpha value is -3.88. The fraction of sp³-hybridized carbons (Fsp3) is 0.200. The van der Waals surface area contributed by atoms with Gasteiger partial charge >= 0.3 is 5.97 Å². The van der Waals surface area contributed by atoms with Crippen LogP contribution < -0.4 is 10.1 Å². The second kappa shape index (κ2) is 8.42. The van der Waals surface area contributed by atoms with Crippen LogP contribution in [0, 0.1) is 0 Å². The molecule has 0 radical (unpaired) electrons. The van der Waals surface area contributed by atoms with Gasteiger partial charge in [-0.25, -0.2) is 4.79 Å². The molecule has 0 bridgehead atoms. The molecule has 1 amide bonds. The Labute approximate surface area is 166 Å². The van der Waals surface area contributed by atoms with Crippen LogP contribution in [-0.2, 0) is 18.4 Å². The molecule has 1 N–H and O–H groups in total. The number of ketones is 1. The quantitative estimate of drug-likeness (QED) is 0.482. The molecule has 0 aliphatic rings. The number of furan rings is 1. The van der Waals surface area contributed by atoms with Crippen molar-refractivity contribution in [3.63, 3.8) is 0 Å². The number of aromatic nitrogens is 2. The Morgan fingerprint density at radius 2 is 1.86 bits per heavy atom. The second-order valence-electron chi connectivity index (χ2n) is 6.11. The van der Waals surface area contributed by atoms with E-state index >= 15 is 0 Å². The summed E-state index contributed by atoms with van der Waals surface area (Å²) in [5.74, 6) is -0.136. The Morgan fingerprint density at radius 1 is 1.14 bits per heavy atom. The lowest BCUT2D eigenvalue weighted by Crippen LogP contribution is -2.16. The Balaban J connectivity index is 1.63. The van der Waals surface area contributed by atoms with Gasteiger partial charge in [0.05, 0.1) is 19.0 Å². The molecule has 2 aromatic heterocycles. The van der Waals surface area contributed by atoms with Crippen LogP contribution in [0.3, 0.4) is 0 Å². The lowest BCUT2D eigenvalue weighted by molar-refractivity contribution is 0.0589. The van der Waals surface area contributed by atoms with Gasteiger partial charge in [0.2, 0.25) is 0 Å². The van der Waals surface area contributed by atoms with E-state index in [1.165, 1.54) is 31.0 Å². The summed E-state index contributed by atoms with van der Waals surface area (Å²) in [6.07, 6.45) is 1.35. The number of carbonyl (C=O) groups is 3. The molecule has 9 nitrogen and oxygen atoms in total. The van der Waals surface area contributed by atoms with Crippen LogP contribution in [0.25, 0.3) is 0 Å². The molecule has 29 heavy (non-hydrogen) atoms. The molecule has 0 spiro atoms. The van der Waals surface area contributed by atoms with Gasteiger partial charge in [0, 0.05) is 12.6 Å². The number of aryl methyl sites for hydroxylation is 1. The van der Waals surface area contributed by atoms with Crippen LogP contribution in [0.1, 0.15) is 44.1 Å². The van der Waals surface area contributed by atoms with E-state index in [1.807, 2.05) is 0 Å². The maximum absolute atomic E-state index is 12.4. The Kier molecular flexibility index (Phi) is 5.77. The number of hydrogen-bond acceptors (Lipinski definition) is 7. The summed E-state index contributed by atoms with van der Waals surface area (Å²) in [5.41, 5.74) is 0.921. The number of hydrogen-bond donors (Lipinski definition) is 1. The van der Waals surface area contributed by atoms with Crippen molar-refractivity contribution in [1.82, 2.24) is 9.78 Å². The largest absolute Gasteiger partial charge is 0.486 e. The van der Waals surface area contributed by atoms with Crippen LogP contribution in [0.5, 0.6) is 5.75 Å². The van der Waals surface area contributed by atoms with Gasteiger partial charge in [-0.05, 0) is 43.3 Å². The Morgan fingerprint density at radius 3 is 2.52 bits per heavy atom. The van der Waals surface area contributed by atoms with E-state index in [1.54, 1.807) is 37.4 Å². The molecule has 9 heteroatoms. The zero-order valence-corrected chi connectivity index (χ0v) is 16.1. The lowest BCUT2D eigenvalue weighted by atomic mass is 10.1. The first-order chi connectivity index (χ1) is 13.9. The van der Waals surface area contributed by atoms with Crippen molar-refractivity contribution in [2.75, 3.05) is 12.4 Å². The highest BCUT2D eigenvalue weighted by Gasteiger charge is 2.21. The van der Waals surface area contributed by atoms with Gasteiger partial charge in [-0.1, -0.05) is 0 Å². The summed E-state index contributed by atoms with van der Waals surface area (Å²) in [6.45, 7) is 1.60. The topological polar surface area (TPSA) is 113 Å². The summed E-state index contributed by atoms with van der Waals surface area (Å²) in [7, 11) is 2.81. The predicted molar refractivity (Wildman–Crippen MR) is 102 cm³/mol. The van der Waals surface area contributed by atoms with Crippen molar-refractivity contribution in [1.29, 1.82) is 0 Å². The Bertz CT molecular complexity index is 1050. The molecule has 0 saturated carbocycles. The van der Waals surface area contributed by atoms with Crippen LogP contribution in [0.4, 0.5) is 5.69 Å². The zero-order valence-electron chi connectivity index (χ0n) is 16.1. The molecular weight excluding hydrogens is 378 g/mol. The van der Waals surface area contributed by atoms with E-state index < -0.39 is 11.9 Å². The molecule has 0 unspecified atom stereocenters. The third-order valence-electron chi connectivity index (χ3n) is 4.09. The number of nitrogens with one attached hydrogen (secondary N) is 1. The summed E-state index contributed by atoms with van der Waals surface area (Å²) >= 11 is 0. The number of amides is 1. The predicted octanol–water partition coefficient (Wildman–Crippen LogP) is 2.83. The third-order valence-corrected chi connectivity index (χ3v) is 4.09. The molecule has 0 atom stereocenters. The maximum Gasteiger partial charge on any atom is 0.358 e. The number of carbonyl (C=O) groups excluding carboxylic acids is 3. The second-order valence-corrected chi connectivity index (χ2v) is 6.11. The third kappa shape index (κ3) is 4.52. The summed E-state index contributed by atoms with van der Waals surface area (Å²) in [6, 6.07) is 9.83. The van der Waals surface area contributed by atoms with E-state index in [4.69, 9.17) is 13.9 Å². The molecule has 3 rings (SSSR count). The molecule has 0 fully saturated rings. The minimum atomic E-state index is -0.621. The van der Waals surface area contributed by atoms with Gasteiger partial charge in [-0.3, -0.25) is 14.3 Å². The summed E-state index contributed by atoms with van der Waals surface area (Å²) in [5, 5.41) is 6.52. The molecule has 0 saturated heterocycles. The average molecular weight is 397 g/mol. The minimum Gasteiger partial charge on any atom is -0.486 e. The molecular formula is C20H19N3O6. The van der Waals surface area contributed by atoms with Crippen LogP contribution >= 0.6 is 0 Å². The fourth-order valence-electron chi connectivity index (χ4n) is 2.57. The van der Waals surface area contributed by atoms with E-state index in [9.17, 15) is 14.4 Å². The molecule has 2 heterocycles. The maximum atomic E-state index is 12.4. The van der Waals surface area contributed by atoms with Gasteiger partial charge in [0.15, 0.2) is 17.2 Å². The van der Waals surface area contributed by atoms with Gasteiger partial charge in [-0.2, -0.15) is 5.10 Å². The van der Waals surface area contributed by atoms with Crippen molar-refractivity contribution in [3.05, 3.63) is 65.4 Å². The van der Waals surface area contributed by atoms with E-state index in [2.05, 4.69) is 10.4 Å². The van der Waals surface area contributed by atoms with Crippen LogP contribution in [-0.4, -0.2) is 34.6 Å². The lowest BCUT2D eigenvalue weighted by Gasteiger charge is -2.06. The highest BCUT2D eigenvalue weighted by molar-refractivity contribution is 6.06. The number of nitrogens with zero attached hydrogens (tertiary/aromatic N) is 2.